The summed E-state index contributed by atoms with van der Waals surface area (Å²) < 4.78 is 123. The average molecular weight is 855 g/mol. The van der Waals surface area contributed by atoms with E-state index in [1.807, 2.05) is 13.8 Å². The number of hydrogen-bond acceptors (Lipinski definition) is 9. The van der Waals surface area contributed by atoms with E-state index in [1.165, 1.54) is 16.8 Å². The molecular weight excluding hydrogens is 814 g/mol. The number of nitrogens with two attached hydrogens (primary N) is 1. The number of ether oxygens (including phenoxy) is 1. The van der Waals surface area contributed by atoms with E-state index in [0.717, 1.165) is 29.0 Å². The number of alkyl halides is 4. The Balaban J connectivity index is 1.48. The number of morpholine rings is 1. The van der Waals surface area contributed by atoms with Crippen molar-refractivity contribution in [3.63, 3.8) is 0 Å². The molecule has 1 saturated carbocycles. The lowest BCUT2D eigenvalue weighted by Gasteiger charge is -2.35. The van der Waals surface area contributed by atoms with Gasteiger partial charge in [0, 0.05) is 55.7 Å². The van der Waals surface area contributed by atoms with Crippen molar-refractivity contribution < 1.29 is 39.5 Å². The van der Waals surface area contributed by atoms with Gasteiger partial charge in [0.2, 0.25) is 15.9 Å². The first kappa shape index (κ1) is 41.8. The van der Waals surface area contributed by atoms with Gasteiger partial charge in [0.1, 0.15) is 17.5 Å². The molecule has 3 N–H and O–H groups in total. The number of rotatable bonds is 11. The van der Waals surface area contributed by atoms with Crippen LogP contribution in [-0.2, 0) is 27.7 Å². The number of benzene rings is 2. The van der Waals surface area contributed by atoms with Gasteiger partial charge in [-0.1, -0.05) is 11.6 Å². The molecule has 0 bridgehead atoms. The van der Waals surface area contributed by atoms with Crippen LogP contribution in [0.15, 0.2) is 41.2 Å². The molecule has 312 valence electrons. The molecule has 2 aliphatic rings. The highest BCUT2D eigenvalue weighted by Crippen LogP contribution is 2.42. The Morgan fingerprint density at radius 3 is 2.28 bits per heavy atom. The van der Waals surface area contributed by atoms with Gasteiger partial charge in [0.05, 0.1) is 58.0 Å². The molecule has 0 radical (unpaired) electrons. The zero-order chi connectivity index (χ0) is 41.8. The molecule has 1 aliphatic heterocycles. The first-order valence-corrected chi connectivity index (χ1v) is 20.9. The Bertz CT molecular complexity index is 2520. The molecule has 3 aromatic heterocycles. The number of fused-ring (bicyclic) bond motifs is 2. The molecule has 2 fully saturated rings. The maximum absolute atomic E-state index is 15.0. The standard InChI is InChI=1S/C38H41ClF6N8O4S/c1-19-17-51(18-20(2)57-19)10-11-52-32-29(5-4-26(39)31(32)35(49-52)50-58(3,55)56)53-36(27(46)14-21-12-23(40)15-24(41)13-21)48-34-30(37(53)54)25(33(42)43)16-28(47-34)22-6-8-38(44,45)9-7-22/h4-5,12-13,15-16,19-20,22,27,33H,6-11,14,17-18,46H2,1-3H3,(H,49,50)/t19-,20+,27-/m0/s1. The highest BCUT2D eigenvalue weighted by atomic mass is 35.5. The number of nitrogens with zero attached hydrogens (tertiary/aromatic N) is 6. The second-order valence-electron chi connectivity index (χ2n) is 15.2. The third-order valence-electron chi connectivity index (χ3n) is 10.5. The topological polar surface area (TPSA) is 150 Å². The summed E-state index contributed by atoms with van der Waals surface area (Å²) in [5.74, 6) is -5.75. The molecule has 7 rings (SSSR count). The van der Waals surface area contributed by atoms with Crippen LogP contribution in [0, 0.1) is 11.6 Å². The molecule has 2 aromatic carbocycles. The fraction of sp³-hybridized carbons (Fsp3) is 0.474. The Labute approximate surface area is 334 Å². The Kier molecular flexibility index (Phi) is 11.6. The number of pyridine rings is 1. The fourth-order valence-corrected chi connectivity index (χ4v) is 8.81. The molecule has 58 heavy (non-hydrogen) atoms. The van der Waals surface area contributed by atoms with Crippen LogP contribution >= 0.6 is 11.6 Å². The SMILES string of the molecule is C[C@@H]1CN(CCn2nc(NS(C)(=O)=O)c3c(Cl)ccc(-n4c([C@@H](N)Cc5cc(F)cc(F)c5)nc5nc(C6CCC(F)(F)CC6)cc(C(F)F)c5c4=O)c32)C[C@H](C)O1. The molecule has 1 aliphatic carbocycles. The molecule has 20 heteroatoms. The van der Waals surface area contributed by atoms with Crippen LogP contribution in [0.4, 0.5) is 32.2 Å². The number of nitrogens with one attached hydrogen (secondary N) is 1. The van der Waals surface area contributed by atoms with Gasteiger partial charge in [-0.15, -0.1) is 0 Å². The Morgan fingerprint density at radius 2 is 1.66 bits per heavy atom. The lowest BCUT2D eigenvalue weighted by Crippen LogP contribution is -2.46. The molecule has 12 nitrogen and oxygen atoms in total. The number of sulfonamides is 1. The minimum atomic E-state index is -3.94. The average Bonchev–Trinajstić information content (AvgIpc) is 3.47. The van der Waals surface area contributed by atoms with Crippen molar-refractivity contribution in [1.29, 1.82) is 0 Å². The predicted octanol–water partition coefficient (Wildman–Crippen LogP) is 7.02. The van der Waals surface area contributed by atoms with Crippen molar-refractivity contribution in [3.05, 3.63) is 86.1 Å². The Morgan fingerprint density at radius 1 is 1.00 bits per heavy atom. The third-order valence-corrected chi connectivity index (χ3v) is 11.3. The van der Waals surface area contributed by atoms with Crippen molar-refractivity contribution in [2.45, 2.75) is 89.0 Å². The summed E-state index contributed by atoms with van der Waals surface area (Å²) in [4.78, 5) is 26.2. The summed E-state index contributed by atoms with van der Waals surface area (Å²) >= 11 is 6.73. The second-order valence-corrected chi connectivity index (χ2v) is 17.4. The van der Waals surface area contributed by atoms with Gasteiger partial charge in [-0.25, -0.2) is 44.7 Å². The molecule has 3 atom stereocenters. The fourth-order valence-electron chi connectivity index (χ4n) is 8.07. The van der Waals surface area contributed by atoms with E-state index in [0.29, 0.717) is 25.7 Å². The van der Waals surface area contributed by atoms with Crippen molar-refractivity contribution >= 4 is 49.4 Å². The van der Waals surface area contributed by atoms with Gasteiger partial charge in [-0.3, -0.25) is 23.7 Å². The molecule has 0 spiro atoms. The van der Waals surface area contributed by atoms with Crippen LogP contribution in [-0.4, -0.2) is 81.7 Å². The van der Waals surface area contributed by atoms with Crippen molar-refractivity contribution in [1.82, 2.24) is 29.2 Å². The zero-order valence-corrected chi connectivity index (χ0v) is 33.2. The Hall–Kier alpha value is -4.30. The first-order chi connectivity index (χ1) is 27.3. The lowest BCUT2D eigenvalue weighted by molar-refractivity contribution is -0.0686. The van der Waals surface area contributed by atoms with Gasteiger partial charge in [-0.05, 0) is 69.0 Å². The summed E-state index contributed by atoms with van der Waals surface area (Å²) in [6, 6.07) is 5.25. The van der Waals surface area contributed by atoms with Crippen LogP contribution in [0.5, 0.6) is 0 Å². The molecule has 1 saturated heterocycles. The van der Waals surface area contributed by atoms with E-state index < -0.39 is 81.0 Å². The van der Waals surface area contributed by atoms with Crippen LogP contribution < -0.4 is 16.0 Å². The summed E-state index contributed by atoms with van der Waals surface area (Å²) in [6.45, 7) is 5.53. The highest BCUT2D eigenvalue weighted by Gasteiger charge is 2.37. The minimum Gasteiger partial charge on any atom is -0.373 e. The lowest BCUT2D eigenvalue weighted by atomic mass is 9.84. The van der Waals surface area contributed by atoms with E-state index in [2.05, 4.69) is 24.7 Å². The molecular formula is C38H41ClF6N8O4S. The number of aromatic nitrogens is 5. The smallest absolute Gasteiger partial charge is 0.268 e. The van der Waals surface area contributed by atoms with E-state index in [-0.39, 0.29) is 82.5 Å². The van der Waals surface area contributed by atoms with Gasteiger partial charge in [0.25, 0.3) is 12.0 Å². The second kappa shape index (κ2) is 16.0. The maximum atomic E-state index is 15.0. The summed E-state index contributed by atoms with van der Waals surface area (Å²) in [5.41, 5.74) is 4.78. The van der Waals surface area contributed by atoms with E-state index in [9.17, 15) is 30.8 Å². The van der Waals surface area contributed by atoms with Crippen LogP contribution in [0.3, 0.4) is 0 Å². The summed E-state index contributed by atoms with van der Waals surface area (Å²) in [7, 11) is -3.94. The van der Waals surface area contributed by atoms with E-state index in [1.54, 1.807) is 0 Å². The van der Waals surface area contributed by atoms with Crippen LogP contribution in [0.2, 0.25) is 5.02 Å². The monoisotopic (exact) mass is 854 g/mol. The normalized spacial score (nSPS) is 20.0. The van der Waals surface area contributed by atoms with E-state index in [4.69, 9.17) is 22.1 Å². The van der Waals surface area contributed by atoms with Crippen molar-refractivity contribution in [3.8, 4) is 5.69 Å². The van der Waals surface area contributed by atoms with Crippen LogP contribution in [0.1, 0.15) is 80.6 Å². The van der Waals surface area contributed by atoms with Gasteiger partial charge in [-0.2, -0.15) is 5.10 Å². The largest absolute Gasteiger partial charge is 0.373 e. The predicted molar refractivity (Wildman–Crippen MR) is 206 cm³/mol. The van der Waals surface area contributed by atoms with Crippen molar-refractivity contribution in [2.24, 2.45) is 5.73 Å². The quantitative estimate of drug-likeness (QED) is 0.134. The number of hydrogen-bond donors (Lipinski definition) is 2. The number of halogens is 7. The maximum Gasteiger partial charge on any atom is 0.268 e. The first-order valence-electron chi connectivity index (χ1n) is 18.7. The summed E-state index contributed by atoms with van der Waals surface area (Å²) in [5, 5.41) is 4.09. The minimum absolute atomic E-state index is 0.0220. The van der Waals surface area contributed by atoms with Crippen LogP contribution in [0.25, 0.3) is 27.6 Å². The highest BCUT2D eigenvalue weighted by molar-refractivity contribution is 7.92. The third kappa shape index (κ3) is 8.83. The zero-order valence-electron chi connectivity index (χ0n) is 31.7. The van der Waals surface area contributed by atoms with Crippen molar-refractivity contribution in [2.75, 3.05) is 30.6 Å². The van der Waals surface area contributed by atoms with E-state index >= 15 is 8.78 Å². The van der Waals surface area contributed by atoms with Gasteiger partial charge >= 0.3 is 0 Å². The number of anilines is 1. The molecule has 5 aromatic rings. The van der Waals surface area contributed by atoms with Gasteiger partial charge < -0.3 is 10.5 Å². The van der Waals surface area contributed by atoms with Gasteiger partial charge in [0.15, 0.2) is 11.5 Å². The summed E-state index contributed by atoms with van der Waals surface area (Å²) in [6.07, 6.45) is -3.80. The molecule has 4 heterocycles. The molecule has 0 unspecified atom stereocenters. The molecule has 0 amide bonds.